The lowest BCUT2D eigenvalue weighted by Crippen LogP contribution is -2.14. The van der Waals surface area contributed by atoms with Crippen LogP contribution in [-0.2, 0) is 14.3 Å². The fourth-order valence-electron chi connectivity index (χ4n) is 1.43. The Balaban J connectivity index is 2.30. The van der Waals surface area contributed by atoms with E-state index in [4.69, 9.17) is 23.2 Å². The molecular formula is C13H8Cl2O4S. The van der Waals surface area contributed by atoms with E-state index >= 15 is 0 Å². The molecule has 0 atom stereocenters. The summed E-state index contributed by atoms with van der Waals surface area (Å²) in [6, 6.07) is 11.4. The van der Waals surface area contributed by atoms with Crippen LogP contribution in [0.5, 0.6) is 0 Å². The molecule has 0 aliphatic carbocycles. The Hall–Kier alpha value is -1.56. The molecule has 0 bridgehead atoms. The van der Waals surface area contributed by atoms with Crippen molar-refractivity contribution in [3.63, 3.8) is 0 Å². The van der Waals surface area contributed by atoms with E-state index in [2.05, 4.69) is 4.18 Å². The first-order valence-electron chi connectivity index (χ1n) is 5.39. The predicted molar refractivity (Wildman–Crippen MR) is 75.5 cm³/mol. The molecule has 2 aromatic carbocycles. The number of carbonyl (C=O) groups excluding carboxylic acids is 1. The molecule has 104 valence electrons. The number of benzene rings is 2. The summed E-state index contributed by atoms with van der Waals surface area (Å²) in [7, 11) is -4.19. The van der Waals surface area contributed by atoms with Gasteiger partial charge in [-0.2, -0.15) is 8.42 Å². The number of hydrogen-bond donors (Lipinski definition) is 0. The van der Waals surface area contributed by atoms with E-state index in [0.29, 0.717) is 0 Å². The predicted octanol–water partition coefficient (Wildman–Crippen LogP) is 3.54. The molecule has 0 heterocycles. The smallest absolute Gasteiger partial charge is 0.338 e. The maximum absolute atomic E-state index is 11.9. The summed E-state index contributed by atoms with van der Waals surface area (Å²) in [6.07, 6.45) is 0. The molecule has 0 fully saturated rings. The zero-order valence-corrected chi connectivity index (χ0v) is 12.2. The van der Waals surface area contributed by atoms with Gasteiger partial charge in [0, 0.05) is 5.02 Å². The van der Waals surface area contributed by atoms with Crippen molar-refractivity contribution in [1.82, 2.24) is 0 Å². The summed E-state index contributed by atoms with van der Waals surface area (Å²) in [5.41, 5.74) is -0.112. The normalized spacial score (nSPS) is 11.1. The molecule has 0 radical (unpaired) electrons. The van der Waals surface area contributed by atoms with Gasteiger partial charge >= 0.3 is 16.1 Å². The average Bonchev–Trinajstić information content (AvgIpc) is 2.42. The second-order valence-electron chi connectivity index (χ2n) is 3.76. The van der Waals surface area contributed by atoms with Gasteiger partial charge < -0.3 is 4.18 Å². The van der Waals surface area contributed by atoms with Gasteiger partial charge in [0.15, 0.2) is 0 Å². The van der Waals surface area contributed by atoms with Crippen LogP contribution in [0.15, 0.2) is 53.4 Å². The molecule has 0 N–H and O–H groups in total. The van der Waals surface area contributed by atoms with Crippen molar-refractivity contribution in [1.29, 1.82) is 0 Å². The quantitative estimate of drug-likeness (QED) is 0.807. The van der Waals surface area contributed by atoms with Crippen molar-refractivity contribution in [2.45, 2.75) is 4.90 Å². The van der Waals surface area contributed by atoms with Gasteiger partial charge in [0.2, 0.25) is 0 Å². The molecule has 0 unspecified atom stereocenters. The minimum absolute atomic E-state index is 0.0580. The minimum atomic E-state index is -4.19. The average molecular weight is 331 g/mol. The van der Waals surface area contributed by atoms with Crippen LogP contribution in [0, 0.1) is 0 Å². The first-order chi connectivity index (χ1) is 9.40. The fourth-order valence-corrected chi connectivity index (χ4v) is 2.68. The Bertz CT molecular complexity index is 742. The summed E-state index contributed by atoms with van der Waals surface area (Å²) < 4.78 is 28.3. The Morgan fingerprint density at radius 2 is 1.65 bits per heavy atom. The van der Waals surface area contributed by atoms with Crippen LogP contribution >= 0.6 is 23.2 Å². The molecule has 0 aromatic heterocycles. The molecule has 0 spiro atoms. The standard InChI is InChI=1S/C13H8Cl2O4S/c14-9-6-7-12(15)11(8-9)13(16)19-20(17,18)10-4-2-1-3-5-10/h1-8H. The van der Waals surface area contributed by atoms with Gasteiger partial charge in [-0.15, -0.1) is 0 Å². The van der Waals surface area contributed by atoms with Crippen LogP contribution < -0.4 is 0 Å². The van der Waals surface area contributed by atoms with Gasteiger partial charge in [-0.3, -0.25) is 0 Å². The SMILES string of the molecule is O=C(OS(=O)(=O)c1ccccc1)c1cc(Cl)ccc1Cl. The molecule has 0 amide bonds. The van der Waals surface area contributed by atoms with Gasteiger partial charge in [-0.1, -0.05) is 41.4 Å². The minimum Gasteiger partial charge on any atom is -0.338 e. The van der Waals surface area contributed by atoms with E-state index in [1.807, 2.05) is 0 Å². The van der Waals surface area contributed by atoms with E-state index in [-0.39, 0.29) is 20.5 Å². The zero-order chi connectivity index (χ0) is 14.8. The number of rotatable bonds is 3. The zero-order valence-electron chi connectivity index (χ0n) is 9.92. The highest BCUT2D eigenvalue weighted by molar-refractivity contribution is 7.87. The van der Waals surface area contributed by atoms with Gasteiger partial charge in [0.05, 0.1) is 10.6 Å². The molecule has 2 aromatic rings. The largest absolute Gasteiger partial charge is 0.355 e. The van der Waals surface area contributed by atoms with Crippen LogP contribution in [0.2, 0.25) is 10.0 Å². The number of carbonyl (C=O) groups is 1. The Morgan fingerprint density at radius 1 is 1.00 bits per heavy atom. The molecule has 0 aliphatic rings. The van der Waals surface area contributed by atoms with E-state index < -0.39 is 16.1 Å². The topological polar surface area (TPSA) is 60.4 Å². The third-order valence-electron chi connectivity index (χ3n) is 2.37. The van der Waals surface area contributed by atoms with Crippen molar-refractivity contribution in [2.24, 2.45) is 0 Å². The summed E-state index contributed by atoms with van der Waals surface area (Å²) >= 11 is 11.5. The van der Waals surface area contributed by atoms with Gasteiger partial charge in [0.1, 0.15) is 4.90 Å². The lowest BCUT2D eigenvalue weighted by molar-refractivity contribution is 0.0747. The maximum atomic E-state index is 11.9. The van der Waals surface area contributed by atoms with Crippen molar-refractivity contribution >= 4 is 39.3 Å². The molecule has 2 rings (SSSR count). The van der Waals surface area contributed by atoms with Gasteiger partial charge in [0.25, 0.3) is 0 Å². The third-order valence-corrected chi connectivity index (χ3v) is 4.15. The Morgan fingerprint density at radius 3 is 2.30 bits per heavy atom. The number of halogens is 2. The first kappa shape index (κ1) is 14.8. The second-order valence-corrected chi connectivity index (χ2v) is 6.15. The van der Waals surface area contributed by atoms with E-state index in [1.54, 1.807) is 6.07 Å². The van der Waals surface area contributed by atoms with E-state index in [0.717, 1.165) is 0 Å². The van der Waals surface area contributed by atoms with Crippen molar-refractivity contribution in [3.05, 3.63) is 64.1 Å². The van der Waals surface area contributed by atoms with Crippen LogP contribution in [0.3, 0.4) is 0 Å². The monoisotopic (exact) mass is 330 g/mol. The Kier molecular flexibility index (Phi) is 4.32. The van der Waals surface area contributed by atoms with Gasteiger partial charge in [-0.25, -0.2) is 4.79 Å². The fraction of sp³-hybridized carbons (Fsp3) is 0. The third kappa shape index (κ3) is 3.30. The maximum Gasteiger partial charge on any atom is 0.355 e. The molecule has 0 saturated carbocycles. The van der Waals surface area contributed by atoms with Gasteiger partial charge in [-0.05, 0) is 30.3 Å². The van der Waals surface area contributed by atoms with E-state index in [1.165, 1.54) is 42.5 Å². The first-order valence-corrected chi connectivity index (χ1v) is 7.55. The Labute approximate surface area is 126 Å². The van der Waals surface area contributed by atoms with E-state index in [9.17, 15) is 13.2 Å². The van der Waals surface area contributed by atoms with Crippen molar-refractivity contribution < 1.29 is 17.4 Å². The summed E-state index contributed by atoms with van der Waals surface area (Å²) in [5.74, 6) is -1.08. The lowest BCUT2D eigenvalue weighted by Gasteiger charge is -2.07. The number of hydrogen-bond acceptors (Lipinski definition) is 4. The molecule has 4 nitrogen and oxygen atoms in total. The van der Waals surface area contributed by atoms with Crippen LogP contribution in [0.25, 0.3) is 0 Å². The molecule has 20 heavy (non-hydrogen) atoms. The summed E-state index contributed by atoms with van der Waals surface area (Å²) in [6.45, 7) is 0. The van der Waals surface area contributed by atoms with Crippen molar-refractivity contribution in [3.8, 4) is 0 Å². The molecule has 0 saturated heterocycles. The van der Waals surface area contributed by atoms with Crippen LogP contribution in [0.4, 0.5) is 0 Å². The molecular weight excluding hydrogens is 323 g/mol. The second kappa shape index (κ2) is 5.83. The summed E-state index contributed by atoms with van der Waals surface area (Å²) in [4.78, 5) is 11.7. The highest BCUT2D eigenvalue weighted by Crippen LogP contribution is 2.23. The molecule has 0 aliphatic heterocycles. The van der Waals surface area contributed by atoms with Crippen molar-refractivity contribution in [2.75, 3.05) is 0 Å². The highest BCUT2D eigenvalue weighted by atomic mass is 35.5. The lowest BCUT2D eigenvalue weighted by atomic mass is 10.2. The highest BCUT2D eigenvalue weighted by Gasteiger charge is 2.22. The summed E-state index contributed by atoms with van der Waals surface area (Å²) in [5, 5.41) is 0.307. The van der Waals surface area contributed by atoms with Crippen LogP contribution in [-0.4, -0.2) is 14.4 Å². The molecule has 7 heteroatoms. The van der Waals surface area contributed by atoms with Crippen LogP contribution in [0.1, 0.15) is 10.4 Å².